The number of carbonyl (C=O) groups excluding carboxylic acids is 1. The number of hydrogen-bond donors (Lipinski definition) is 0. The zero-order valence-corrected chi connectivity index (χ0v) is 9.62. The lowest BCUT2D eigenvalue weighted by Crippen LogP contribution is -2.41. The van der Waals surface area contributed by atoms with E-state index in [1.165, 1.54) is 19.3 Å². The molecule has 2 rings (SSSR count). The van der Waals surface area contributed by atoms with Crippen molar-refractivity contribution in [2.45, 2.75) is 46.5 Å². The van der Waals surface area contributed by atoms with Gasteiger partial charge in [0.05, 0.1) is 0 Å². The quantitative estimate of drug-likeness (QED) is 0.578. The molecule has 1 nitrogen and oxygen atoms in total. The minimum absolute atomic E-state index is 0.351. The molecule has 80 valence electrons. The number of carbonyl (C=O) groups is 1. The van der Waals surface area contributed by atoms with E-state index in [4.69, 9.17) is 0 Å². The van der Waals surface area contributed by atoms with E-state index >= 15 is 0 Å². The first kappa shape index (κ1) is 10.2. The maximum absolute atomic E-state index is 11.6. The fraction of sp³-hybridized carbons (Fsp3) is 0.923. The van der Waals surface area contributed by atoms with Crippen LogP contribution >= 0.6 is 0 Å². The highest BCUT2D eigenvalue weighted by atomic mass is 16.1. The van der Waals surface area contributed by atoms with E-state index in [2.05, 4.69) is 20.8 Å². The van der Waals surface area contributed by atoms with Crippen molar-refractivity contribution in [3.05, 3.63) is 0 Å². The number of ketones is 1. The second kappa shape index (κ2) is 3.67. The van der Waals surface area contributed by atoms with E-state index in [9.17, 15) is 4.79 Å². The van der Waals surface area contributed by atoms with E-state index in [0.29, 0.717) is 17.6 Å². The average molecular weight is 194 g/mol. The van der Waals surface area contributed by atoms with Gasteiger partial charge < -0.3 is 0 Å². The maximum Gasteiger partial charge on any atom is 0.135 e. The van der Waals surface area contributed by atoms with E-state index in [-0.39, 0.29) is 0 Å². The minimum atomic E-state index is 0.351. The standard InChI is InChI=1S/C13H22O/c1-8-4-5-12-10(3)13(14)7-6-11(12)9(8)2/h8-12H,4-7H2,1-3H3. The molecule has 0 N–H and O–H groups in total. The Hall–Kier alpha value is -0.330. The average Bonchev–Trinajstić information content (AvgIpc) is 2.17. The lowest BCUT2D eigenvalue weighted by Gasteiger charge is -2.45. The van der Waals surface area contributed by atoms with Gasteiger partial charge in [0, 0.05) is 12.3 Å². The number of rotatable bonds is 0. The van der Waals surface area contributed by atoms with Crippen molar-refractivity contribution in [2.75, 3.05) is 0 Å². The van der Waals surface area contributed by atoms with Gasteiger partial charge in [-0.1, -0.05) is 27.2 Å². The predicted molar refractivity (Wildman–Crippen MR) is 57.9 cm³/mol. The first-order chi connectivity index (χ1) is 6.61. The zero-order valence-electron chi connectivity index (χ0n) is 9.62. The summed E-state index contributed by atoms with van der Waals surface area (Å²) < 4.78 is 0. The largest absolute Gasteiger partial charge is 0.299 e. The van der Waals surface area contributed by atoms with Gasteiger partial charge >= 0.3 is 0 Å². The second-order valence-corrected chi connectivity index (χ2v) is 5.54. The Morgan fingerprint density at radius 1 is 1.00 bits per heavy atom. The van der Waals surface area contributed by atoms with Gasteiger partial charge in [-0.3, -0.25) is 4.79 Å². The van der Waals surface area contributed by atoms with Crippen LogP contribution in [0.5, 0.6) is 0 Å². The van der Waals surface area contributed by atoms with Crippen molar-refractivity contribution in [3.63, 3.8) is 0 Å². The van der Waals surface area contributed by atoms with Gasteiger partial charge in [0.1, 0.15) is 5.78 Å². The molecular formula is C13H22O. The maximum atomic E-state index is 11.6. The molecule has 0 aromatic heterocycles. The Morgan fingerprint density at radius 2 is 1.71 bits per heavy atom. The summed E-state index contributed by atoms with van der Waals surface area (Å²) in [5.41, 5.74) is 0. The zero-order chi connectivity index (χ0) is 10.3. The highest BCUT2D eigenvalue weighted by molar-refractivity contribution is 5.81. The summed E-state index contributed by atoms with van der Waals surface area (Å²) in [7, 11) is 0. The van der Waals surface area contributed by atoms with Crippen LogP contribution < -0.4 is 0 Å². The van der Waals surface area contributed by atoms with Crippen LogP contribution in [0, 0.1) is 29.6 Å². The normalized spacial score (nSPS) is 48.8. The molecule has 0 saturated heterocycles. The fourth-order valence-electron chi connectivity index (χ4n) is 3.62. The van der Waals surface area contributed by atoms with Gasteiger partial charge in [-0.25, -0.2) is 0 Å². The lowest BCUT2D eigenvalue weighted by atomic mass is 9.59. The fourth-order valence-corrected chi connectivity index (χ4v) is 3.62. The van der Waals surface area contributed by atoms with Crippen LogP contribution in [0.25, 0.3) is 0 Å². The molecule has 1 heteroatoms. The third-order valence-corrected chi connectivity index (χ3v) is 4.95. The Balaban J connectivity index is 2.14. The molecular weight excluding hydrogens is 172 g/mol. The molecule has 0 aliphatic heterocycles. The van der Waals surface area contributed by atoms with Gasteiger partial charge in [0.25, 0.3) is 0 Å². The van der Waals surface area contributed by atoms with Gasteiger partial charge in [-0.05, 0) is 36.5 Å². The van der Waals surface area contributed by atoms with Gasteiger partial charge in [-0.2, -0.15) is 0 Å². The van der Waals surface area contributed by atoms with Crippen molar-refractivity contribution in [3.8, 4) is 0 Å². The van der Waals surface area contributed by atoms with Crippen LogP contribution in [0.3, 0.4) is 0 Å². The SMILES string of the molecule is CC1CCC2C(C)C(=O)CCC2C1C. The summed E-state index contributed by atoms with van der Waals surface area (Å²) in [5.74, 6) is 4.13. The van der Waals surface area contributed by atoms with Crippen molar-refractivity contribution in [1.29, 1.82) is 0 Å². The topological polar surface area (TPSA) is 17.1 Å². The second-order valence-electron chi connectivity index (χ2n) is 5.54. The van der Waals surface area contributed by atoms with Crippen molar-refractivity contribution in [2.24, 2.45) is 29.6 Å². The van der Waals surface area contributed by atoms with Crippen LogP contribution in [0.2, 0.25) is 0 Å². The molecule has 14 heavy (non-hydrogen) atoms. The van der Waals surface area contributed by atoms with Crippen molar-refractivity contribution < 1.29 is 4.79 Å². The van der Waals surface area contributed by atoms with Crippen molar-refractivity contribution >= 4 is 5.78 Å². The van der Waals surface area contributed by atoms with Crippen molar-refractivity contribution in [1.82, 2.24) is 0 Å². The summed E-state index contributed by atoms with van der Waals surface area (Å²) in [5, 5.41) is 0. The first-order valence-electron chi connectivity index (χ1n) is 6.14. The highest BCUT2D eigenvalue weighted by Gasteiger charge is 2.42. The molecule has 0 spiro atoms. The van der Waals surface area contributed by atoms with Crippen LogP contribution in [0.1, 0.15) is 46.5 Å². The smallest absolute Gasteiger partial charge is 0.135 e. The first-order valence-corrected chi connectivity index (χ1v) is 6.14. The van der Waals surface area contributed by atoms with Crippen LogP contribution in [-0.4, -0.2) is 5.78 Å². The number of hydrogen-bond acceptors (Lipinski definition) is 1. The van der Waals surface area contributed by atoms with Crippen LogP contribution in [0.15, 0.2) is 0 Å². The summed E-state index contributed by atoms with van der Waals surface area (Å²) in [6.07, 6.45) is 4.64. The highest BCUT2D eigenvalue weighted by Crippen LogP contribution is 2.47. The predicted octanol–water partition coefficient (Wildman–Crippen LogP) is 3.28. The number of fused-ring (bicyclic) bond motifs is 1. The summed E-state index contributed by atoms with van der Waals surface area (Å²) in [6, 6.07) is 0. The monoisotopic (exact) mass is 194 g/mol. The summed E-state index contributed by atoms with van der Waals surface area (Å²) >= 11 is 0. The Labute approximate surface area is 87.3 Å². The number of Topliss-reactive ketones (excluding diaryl/α,β-unsaturated/α-hetero) is 1. The molecule has 2 aliphatic carbocycles. The Bertz CT molecular complexity index is 233. The molecule has 0 bridgehead atoms. The van der Waals surface area contributed by atoms with E-state index in [1.807, 2.05) is 0 Å². The Kier molecular flexibility index (Phi) is 2.68. The summed E-state index contributed by atoms with van der Waals surface area (Å²) in [6.45, 7) is 6.92. The molecule has 0 radical (unpaired) electrons. The van der Waals surface area contributed by atoms with E-state index in [1.54, 1.807) is 0 Å². The van der Waals surface area contributed by atoms with Gasteiger partial charge in [0.2, 0.25) is 0 Å². The van der Waals surface area contributed by atoms with Gasteiger partial charge in [-0.15, -0.1) is 0 Å². The Morgan fingerprint density at radius 3 is 2.43 bits per heavy atom. The molecule has 5 atom stereocenters. The molecule has 0 aromatic rings. The van der Waals surface area contributed by atoms with Crippen LogP contribution in [0.4, 0.5) is 0 Å². The molecule has 0 heterocycles. The molecule has 0 amide bonds. The van der Waals surface area contributed by atoms with E-state index in [0.717, 1.165) is 24.2 Å². The molecule has 0 aromatic carbocycles. The molecule has 2 saturated carbocycles. The van der Waals surface area contributed by atoms with Crippen LogP contribution in [-0.2, 0) is 4.79 Å². The molecule has 5 unspecified atom stereocenters. The van der Waals surface area contributed by atoms with E-state index < -0.39 is 0 Å². The molecule has 2 aliphatic rings. The third-order valence-electron chi connectivity index (χ3n) is 4.95. The minimum Gasteiger partial charge on any atom is -0.299 e. The third kappa shape index (κ3) is 1.51. The lowest BCUT2D eigenvalue weighted by molar-refractivity contribution is -0.130. The summed E-state index contributed by atoms with van der Waals surface area (Å²) in [4.78, 5) is 11.6. The van der Waals surface area contributed by atoms with Gasteiger partial charge in [0.15, 0.2) is 0 Å². The molecule has 2 fully saturated rings.